The molecule has 34 heavy (non-hydrogen) atoms. The van der Waals surface area contributed by atoms with Crippen molar-refractivity contribution in [2.45, 2.75) is 12.3 Å². The smallest absolute Gasteiger partial charge is 0.325 e. The van der Waals surface area contributed by atoms with E-state index >= 15 is 0 Å². The van der Waals surface area contributed by atoms with Crippen LogP contribution in [0.5, 0.6) is 5.75 Å². The number of benzene rings is 4. The van der Waals surface area contributed by atoms with Gasteiger partial charge in [0, 0.05) is 27.9 Å². The van der Waals surface area contributed by atoms with Crippen molar-refractivity contribution in [3.8, 4) is 11.8 Å². The first-order valence-electron chi connectivity index (χ1n) is 10.6. The van der Waals surface area contributed by atoms with E-state index in [1.54, 1.807) is 30.3 Å². The highest BCUT2D eigenvalue weighted by Gasteiger charge is 2.50. The Balaban J connectivity index is 2.08. The molecule has 0 heterocycles. The Morgan fingerprint density at radius 2 is 1.53 bits per heavy atom. The monoisotopic (exact) mass is 489 g/mol. The van der Waals surface area contributed by atoms with E-state index in [1.807, 2.05) is 54.6 Å². The molecule has 0 aliphatic heterocycles. The van der Waals surface area contributed by atoms with E-state index < -0.39 is 17.3 Å². The summed E-state index contributed by atoms with van der Waals surface area (Å²) in [5, 5.41) is 23.6. The molecule has 0 saturated carbocycles. The third-order valence-corrected chi connectivity index (χ3v) is 6.88. The number of carboxylic acid groups (broad SMARTS) is 1. The van der Waals surface area contributed by atoms with Crippen molar-refractivity contribution in [2.75, 3.05) is 7.11 Å². The number of carbonyl (C=O) groups is 1. The highest BCUT2D eigenvalue weighted by molar-refractivity contribution is 6.36. The summed E-state index contributed by atoms with van der Waals surface area (Å²) >= 11 is 12.9. The summed E-state index contributed by atoms with van der Waals surface area (Å²) in [5.41, 5.74) is -0.231. The number of hydrogen-bond donors (Lipinski definition) is 1. The van der Waals surface area contributed by atoms with Gasteiger partial charge in [0.2, 0.25) is 0 Å². The molecule has 4 aromatic carbocycles. The van der Waals surface area contributed by atoms with Crippen molar-refractivity contribution >= 4 is 39.9 Å². The molecule has 0 fully saturated rings. The average Bonchev–Trinajstić information content (AvgIpc) is 2.85. The van der Waals surface area contributed by atoms with Crippen LogP contribution >= 0.6 is 23.2 Å². The largest absolute Gasteiger partial charge is 0.496 e. The molecule has 4 nitrogen and oxygen atoms in total. The maximum absolute atomic E-state index is 13.1. The number of carboxylic acids is 1. The van der Waals surface area contributed by atoms with E-state index in [4.69, 9.17) is 27.9 Å². The van der Waals surface area contributed by atoms with Crippen LogP contribution in [0.3, 0.4) is 0 Å². The molecule has 0 aliphatic carbocycles. The molecule has 0 spiro atoms. The summed E-state index contributed by atoms with van der Waals surface area (Å²) in [6, 6.07) is 27.7. The number of fused-ring (bicyclic) bond motifs is 1. The SMILES string of the molecule is COc1ccccc1C(c1cccc2ccccc12)C(C#N)(Cc1c(Cl)cccc1Cl)C(=O)O. The van der Waals surface area contributed by atoms with Gasteiger partial charge in [-0.2, -0.15) is 5.26 Å². The highest BCUT2D eigenvalue weighted by Crippen LogP contribution is 2.49. The summed E-state index contributed by atoms with van der Waals surface area (Å²) in [7, 11) is 1.53. The fourth-order valence-electron chi connectivity index (χ4n) is 4.54. The zero-order valence-electron chi connectivity index (χ0n) is 18.3. The Morgan fingerprint density at radius 1 is 0.941 bits per heavy atom. The number of methoxy groups -OCH3 is 1. The normalized spacial score (nSPS) is 13.6. The highest BCUT2D eigenvalue weighted by atomic mass is 35.5. The van der Waals surface area contributed by atoms with Crippen molar-refractivity contribution in [3.05, 3.63) is 112 Å². The lowest BCUT2D eigenvalue weighted by Gasteiger charge is -2.34. The third kappa shape index (κ3) is 4.09. The molecule has 4 rings (SSSR count). The Bertz CT molecular complexity index is 1390. The van der Waals surface area contributed by atoms with Gasteiger partial charge in [-0.3, -0.25) is 4.79 Å². The number of aliphatic carboxylic acids is 1. The van der Waals surface area contributed by atoms with Gasteiger partial charge in [-0.25, -0.2) is 0 Å². The average molecular weight is 490 g/mol. The Labute approximate surface area is 207 Å². The van der Waals surface area contributed by atoms with Crippen LogP contribution in [0.25, 0.3) is 10.8 Å². The molecule has 0 aromatic heterocycles. The van der Waals surface area contributed by atoms with Crippen molar-refractivity contribution in [1.29, 1.82) is 5.26 Å². The second-order valence-electron chi connectivity index (χ2n) is 8.01. The number of para-hydroxylation sites is 1. The van der Waals surface area contributed by atoms with E-state index in [9.17, 15) is 15.2 Å². The van der Waals surface area contributed by atoms with Crippen molar-refractivity contribution in [1.82, 2.24) is 0 Å². The van der Waals surface area contributed by atoms with Gasteiger partial charge in [0.1, 0.15) is 5.75 Å². The molecule has 0 saturated heterocycles. The fourth-order valence-corrected chi connectivity index (χ4v) is 5.07. The van der Waals surface area contributed by atoms with Crippen LogP contribution in [-0.4, -0.2) is 18.2 Å². The first-order chi connectivity index (χ1) is 16.4. The molecule has 1 N–H and O–H groups in total. The lowest BCUT2D eigenvalue weighted by atomic mass is 9.65. The first kappa shape index (κ1) is 23.6. The molecule has 6 heteroatoms. The minimum absolute atomic E-state index is 0.191. The minimum atomic E-state index is -1.94. The van der Waals surface area contributed by atoms with E-state index in [-0.39, 0.29) is 6.42 Å². The number of rotatable bonds is 7. The quantitative estimate of drug-likeness (QED) is 0.299. The molecular formula is C28H21Cl2NO3. The summed E-state index contributed by atoms with van der Waals surface area (Å²) in [4.78, 5) is 13.1. The van der Waals surface area contributed by atoms with E-state index in [1.165, 1.54) is 7.11 Å². The van der Waals surface area contributed by atoms with Crippen LogP contribution < -0.4 is 4.74 Å². The number of hydrogen-bond acceptors (Lipinski definition) is 3. The van der Waals surface area contributed by atoms with Crippen LogP contribution in [0, 0.1) is 16.7 Å². The second-order valence-corrected chi connectivity index (χ2v) is 8.82. The molecule has 0 aliphatic rings. The van der Waals surface area contributed by atoms with Crippen molar-refractivity contribution in [3.63, 3.8) is 0 Å². The van der Waals surface area contributed by atoms with Gasteiger partial charge >= 0.3 is 5.97 Å². The number of nitriles is 1. The zero-order chi connectivity index (χ0) is 24.3. The van der Waals surface area contributed by atoms with Gasteiger partial charge in [0.15, 0.2) is 5.41 Å². The number of ether oxygens (including phenoxy) is 1. The molecule has 0 amide bonds. The van der Waals surface area contributed by atoms with Gasteiger partial charge in [-0.15, -0.1) is 0 Å². The molecule has 0 radical (unpaired) electrons. The fraction of sp³-hybridized carbons (Fsp3) is 0.143. The van der Waals surface area contributed by atoms with Crippen molar-refractivity contribution < 1.29 is 14.6 Å². The molecule has 170 valence electrons. The van der Waals surface area contributed by atoms with Gasteiger partial charge in [-0.1, -0.05) is 89.9 Å². The topological polar surface area (TPSA) is 70.3 Å². The standard InChI is InChI=1S/C28H21Cl2NO3/c1-34-25-15-5-4-11-21(25)26(20-12-6-9-18-8-2-3-10-19(18)20)28(17-31,27(32)33)16-22-23(29)13-7-14-24(22)30/h2-15,26H,16H2,1H3,(H,32,33). The van der Waals surface area contributed by atoms with Gasteiger partial charge < -0.3 is 9.84 Å². The lowest BCUT2D eigenvalue weighted by Crippen LogP contribution is -2.39. The maximum atomic E-state index is 13.1. The molecule has 4 aromatic rings. The van der Waals surface area contributed by atoms with E-state index in [0.717, 1.165) is 10.8 Å². The van der Waals surface area contributed by atoms with Crippen LogP contribution in [-0.2, 0) is 11.2 Å². The van der Waals surface area contributed by atoms with Gasteiger partial charge in [0.25, 0.3) is 0 Å². The molecule has 2 unspecified atom stereocenters. The van der Waals surface area contributed by atoms with Gasteiger partial charge in [0.05, 0.1) is 13.2 Å². The first-order valence-corrected chi connectivity index (χ1v) is 11.4. The molecule has 0 bridgehead atoms. The summed E-state index contributed by atoms with van der Waals surface area (Å²) in [6.45, 7) is 0. The lowest BCUT2D eigenvalue weighted by molar-refractivity contribution is -0.146. The summed E-state index contributed by atoms with van der Waals surface area (Å²) in [6.07, 6.45) is -0.191. The van der Waals surface area contributed by atoms with Crippen LogP contribution in [0.1, 0.15) is 22.6 Å². The van der Waals surface area contributed by atoms with Crippen LogP contribution in [0.2, 0.25) is 10.0 Å². The van der Waals surface area contributed by atoms with Gasteiger partial charge in [-0.05, 0) is 40.1 Å². The Hall–Kier alpha value is -3.52. The maximum Gasteiger partial charge on any atom is 0.325 e. The summed E-state index contributed by atoms with van der Waals surface area (Å²) in [5.74, 6) is -1.66. The minimum Gasteiger partial charge on any atom is -0.496 e. The van der Waals surface area contributed by atoms with Crippen molar-refractivity contribution in [2.24, 2.45) is 5.41 Å². The van der Waals surface area contributed by atoms with Crippen LogP contribution in [0.15, 0.2) is 84.9 Å². The predicted molar refractivity (Wildman–Crippen MR) is 135 cm³/mol. The predicted octanol–water partition coefficient (Wildman–Crippen LogP) is 7.12. The summed E-state index contributed by atoms with van der Waals surface area (Å²) < 4.78 is 5.62. The van der Waals surface area contributed by atoms with E-state index in [0.29, 0.717) is 32.5 Å². The zero-order valence-corrected chi connectivity index (χ0v) is 19.8. The Morgan fingerprint density at radius 3 is 2.21 bits per heavy atom. The third-order valence-electron chi connectivity index (χ3n) is 6.18. The molecular weight excluding hydrogens is 469 g/mol. The second kappa shape index (κ2) is 9.77. The van der Waals surface area contributed by atoms with E-state index in [2.05, 4.69) is 6.07 Å². The Kier molecular flexibility index (Phi) is 6.79. The van der Waals surface area contributed by atoms with Crippen LogP contribution in [0.4, 0.5) is 0 Å². The number of nitrogens with zero attached hydrogens (tertiary/aromatic N) is 1. The number of halogens is 2. The molecule has 2 atom stereocenters.